The third-order valence-electron chi connectivity index (χ3n) is 1.65. The van der Waals surface area contributed by atoms with Crippen LogP contribution in [0.15, 0.2) is 30.3 Å². The molecule has 1 rings (SSSR count). The molecule has 0 spiro atoms. The molecule has 0 heterocycles. The summed E-state index contributed by atoms with van der Waals surface area (Å²) >= 11 is 0. The molecule has 0 amide bonds. The fourth-order valence-electron chi connectivity index (χ4n) is 0.983. The summed E-state index contributed by atoms with van der Waals surface area (Å²) in [5.41, 5.74) is 0.507. The number of rotatable bonds is 3. The first kappa shape index (κ1) is 8.71. The highest BCUT2D eigenvalue weighted by atomic mass is 19.1. The summed E-state index contributed by atoms with van der Waals surface area (Å²) in [5.74, 6) is -2.14. The number of alkyl halides is 1. The highest BCUT2D eigenvalue weighted by Gasteiger charge is 2.18. The number of benzene rings is 1. The van der Waals surface area contributed by atoms with Crippen LogP contribution in [0, 0.1) is 0 Å². The molecular weight excluding hydrogens is 159 g/mol. The molecule has 0 saturated carbocycles. The summed E-state index contributed by atoms with van der Waals surface area (Å²) in [6.07, 6.45) is 0. The standard InChI is InChI=1S/C9H9FO2/c10-6-8(9(11)12)7-4-2-1-3-5-7/h1-5,8H,6H2,(H,11,12). The summed E-state index contributed by atoms with van der Waals surface area (Å²) in [7, 11) is 0. The lowest BCUT2D eigenvalue weighted by Gasteiger charge is -2.06. The fourth-order valence-corrected chi connectivity index (χ4v) is 0.983. The molecule has 0 aliphatic heterocycles. The van der Waals surface area contributed by atoms with Crippen molar-refractivity contribution in [2.24, 2.45) is 0 Å². The number of hydrogen-bond acceptors (Lipinski definition) is 1. The van der Waals surface area contributed by atoms with E-state index >= 15 is 0 Å². The van der Waals surface area contributed by atoms with Crippen LogP contribution < -0.4 is 0 Å². The van der Waals surface area contributed by atoms with Crippen molar-refractivity contribution in [3.8, 4) is 0 Å². The lowest BCUT2D eigenvalue weighted by molar-refractivity contribution is -0.139. The van der Waals surface area contributed by atoms with E-state index in [2.05, 4.69) is 0 Å². The van der Waals surface area contributed by atoms with Crippen molar-refractivity contribution in [2.45, 2.75) is 5.92 Å². The quantitative estimate of drug-likeness (QED) is 0.747. The first-order valence-corrected chi connectivity index (χ1v) is 3.59. The first-order chi connectivity index (χ1) is 5.75. The Morgan fingerprint density at radius 3 is 2.42 bits per heavy atom. The van der Waals surface area contributed by atoms with Gasteiger partial charge in [0.1, 0.15) is 12.6 Å². The van der Waals surface area contributed by atoms with E-state index in [0.717, 1.165) is 0 Å². The molecule has 12 heavy (non-hydrogen) atoms. The van der Waals surface area contributed by atoms with Gasteiger partial charge in [0.2, 0.25) is 0 Å². The zero-order valence-electron chi connectivity index (χ0n) is 6.40. The second-order valence-corrected chi connectivity index (χ2v) is 2.46. The average molecular weight is 168 g/mol. The van der Waals surface area contributed by atoms with Gasteiger partial charge in [-0.25, -0.2) is 4.39 Å². The van der Waals surface area contributed by atoms with Gasteiger partial charge in [0, 0.05) is 0 Å². The highest BCUT2D eigenvalue weighted by molar-refractivity contribution is 5.76. The number of carboxylic acid groups (broad SMARTS) is 1. The molecule has 0 aliphatic carbocycles. The van der Waals surface area contributed by atoms with Crippen molar-refractivity contribution < 1.29 is 14.3 Å². The summed E-state index contributed by atoms with van der Waals surface area (Å²) in [6.45, 7) is -0.862. The van der Waals surface area contributed by atoms with Crippen molar-refractivity contribution in [3.63, 3.8) is 0 Å². The Bertz CT molecular complexity index is 258. The number of carboxylic acids is 1. The van der Waals surface area contributed by atoms with Crippen LogP contribution in [-0.2, 0) is 4.79 Å². The first-order valence-electron chi connectivity index (χ1n) is 3.59. The Balaban J connectivity index is 2.88. The van der Waals surface area contributed by atoms with Gasteiger partial charge in [-0.05, 0) is 5.56 Å². The van der Waals surface area contributed by atoms with Crippen molar-refractivity contribution >= 4 is 5.97 Å². The molecule has 0 fully saturated rings. The Morgan fingerprint density at radius 1 is 1.42 bits per heavy atom. The van der Waals surface area contributed by atoms with Crippen LogP contribution >= 0.6 is 0 Å². The van der Waals surface area contributed by atoms with Gasteiger partial charge in [-0.2, -0.15) is 0 Å². The van der Waals surface area contributed by atoms with Gasteiger partial charge in [-0.3, -0.25) is 4.79 Å². The highest BCUT2D eigenvalue weighted by Crippen LogP contribution is 2.15. The minimum Gasteiger partial charge on any atom is -0.481 e. The summed E-state index contributed by atoms with van der Waals surface area (Å²) in [4.78, 5) is 10.5. The molecule has 2 nitrogen and oxygen atoms in total. The third kappa shape index (κ3) is 1.81. The molecule has 0 saturated heterocycles. The topological polar surface area (TPSA) is 37.3 Å². The lowest BCUT2D eigenvalue weighted by Crippen LogP contribution is -2.13. The minimum absolute atomic E-state index is 0.507. The Kier molecular flexibility index (Phi) is 2.80. The second-order valence-electron chi connectivity index (χ2n) is 2.46. The van der Waals surface area contributed by atoms with E-state index in [9.17, 15) is 9.18 Å². The van der Waals surface area contributed by atoms with E-state index in [-0.39, 0.29) is 0 Å². The fraction of sp³-hybridized carbons (Fsp3) is 0.222. The van der Waals surface area contributed by atoms with Crippen LogP contribution in [0.2, 0.25) is 0 Å². The van der Waals surface area contributed by atoms with E-state index in [1.807, 2.05) is 0 Å². The molecular formula is C9H9FO2. The Hall–Kier alpha value is -1.38. The molecule has 1 N–H and O–H groups in total. The molecule has 0 aromatic heterocycles. The van der Waals surface area contributed by atoms with E-state index in [1.165, 1.54) is 0 Å². The molecule has 1 aromatic carbocycles. The third-order valence-corrected chi connectivity index (χ3v) is 1.65. The van der Waals surface area contributed by atoms with E-state index in [0.29, 0.717) is 5.56 Å². The van der Waals surface area contributed by atoms with Crippen molar-refractivity contribution in [1.29, 1.82) is 0 Å². The smallest absolute Gasteiger partial charge is 0.313 e. The number of halogens is 1. The van der Waals surface area contributed by atoms with Gasteiger partial charge in [0.15, 0.2) is 0 Å². The lowest BCUT2D eigenvalue weighted by atomic mass is 10.0. The average Bonchev–Trinajstić information content (AvgIpc) is 2.07. The molecule has 3 heteroatoms. The molecule has 1 unspecified atom stereocenters. The van der Waals surface area contributed by atoms with Crippen LogP contribution in [0.3, 0.4) is 0 Å². The predicted octanol–water partition coefficient (Wildman–Crippen LogP) is 1.82. The zero-order valence-corrected chi connectivity index (χ0v) is 6.40. The predicted molar refractivity (Wildman–Crippen MR) is 42.8 cm³/mol. The van der Waals surface area contributed by atoms with Gasteiger partial charge < -0.3 is 5.11 Å². The van der Waals surface area contributed by atoms with Crippen LogP contribution in [0.1, 0.15) is 11.5 Å². The minimum atomic E-state index is -1.12. The summed E-state index contributed by atoms with van der Waals surface area (Å²) < 4.78 is 12.2. The number of hydrogen-bond donors (Lipinski definition) is 1. The second kappa shape index (κ2) is 3.85. The Morgan fingerprint density at radius 2 is 2.00 bits per heavy atom. The van der Waals surface area contributed by atoms with Gasteiger partial charge in [-0.15, -0.1) is 0 Å². The zero-order chi connectivity index (χ0) is 8.97. The summed E-state index contributed by atoms with van der Waals surface area (Å²) in [6, 6.07) is 8.37. The molecule has 0 aliphatic rings. The van der Waals surface area contributed by atoms with E-state index in [1.54, 1.807) is 30.3 Å². The van der Waals surface area contributed by atoms with E-state index in [4.69, 9.17) is 5.11 Å². The largest absolute Gasteiger partial charge is 0.481 e. The maximum atomic E-state index is 12.2. The van der Waals surface area contributed by atoms with Crippen molar-refractivity contribution in [2.75, 3.05) is 6.67 Å². The van der Waals surface area contributed by atoms with Crippen LogP contribution in [0.4, 0.5) is 4.39 Å². The van der Waals surface area contributed by atoms with Crippen LogP contribution in [0.5, 0.6) is 0 Å². The molecule has 64 valence electrons. The van der Waals surface area contributed by atoms with Gasteiger partial charge in [0.05, 0.1) is 0 Å². The molecule has 0 bridgehead atoms. The monoisotopic (exact) mass is 168 g/mol. The van der Waals surface area contributed by atoms with Crippen molar-refractivity contribution in [1.82, 2.24) is 0 Å². The normalized spacial score (nSPS) is 12.4. The van der Waals surface area contributed by atoms with Gasteiger partial charge in [-0.1, -0.05) is 30.3 Å². The molecule has 1 aromatic rings. The van der Waals surface area contributed by atoms with E-state index < -0.39 is 18.6 Å². The van der Waals surface area contributed by atoms with Gasteiger partial charge in [0.25, 0.3) is 0 Å². The Labute approximate surface area is 69.6 Å². The summed E-state index contributed by atoms with van der Waals surface area (Å²) in [5, 5.41) is 8.59. The van der Waals surface area contributed by atoms with Crippen molar-refractivity contribution in [3.05, 3.63) is 35.9 Å². The maximum absolute atomic E-state index is 12.2. The molecule has 0 radical (unpaired) electrons. The molecule has 1 atom stereocenters. The maximum Gasteiger partial charge on any atom is 0.313 e. The number of carbonyl (C=O) groups is 1. The van der Waals surface area contributed by atoms with Crippen LogP contribution in [0.25, 0.3) is 0 Å². The van der Waals surface area contributed by atoms with Crippen LogP contribution in [-0.4, -0.2) is 17.8 Å². The van der Waals surface area contributed by atoms with Gasteiger partial charge >= 0.3 is 5.97 Å². The SMILES string of the molecule is O=C(O)C(CF)c1ccccc1. The number of aliphatic carboxylic acids is 1.